The second kappa shape index (κ2) is 8.03. The summed E-state index contributed by atoms with van der Waals surface area (Å²) in [7, 11) is 0. The van der Waals surface area contributed by atoms with Crippen LogP contribution in [-0.4, -0.2) is 33.8 Å². The highest BCUT2D eigenvalue weighted by Gasteiger charge is 2.28. The number of pyridine rings is 1. The number of aromatic nitrogens is 3. The van der Waals surface area contributed by atoms with Crippen molar-refractivity contribution in [2.24, 2.45) is 0 Å². The molecule has 154 valence electrons. The van der Waals surface area contributed by atoms with E-state index in [0.29, 0.717) is 6.04 Å². The second-order valence-corrected chi connectivity index (χ2v) is 10.3. The predicted octanol–water partition coefficient (Wildman–Crippen LogP) is 6.17. The average molecular weight is 427 g/mol. The number of thiophene rings is 1. The minimum atomic E-state index is 0.542. The van der Waals surface area contributed by atoms with E-state index in [9.17, 15) is 0 Å². The Hall–Kier alpha value is -1.40. The monoisotopic (exact) mass is 426 g/mol. The van der Waals surface area contributed by atoms with E-state index in [1.165, 1.54) is 83.1 Å². The third-order valence-electron chi connectivity index (χ3n) is 6.61. The number of piperidine rings is 1. The van der Waals surface area contributed by atoms with Crippen molar-refractivity contribution in [1.82, 2.24) is 15.0 Å². The quantitative estimate of drug-likeness (QED) is 0.360. The lowest BCUT2D eigenvalue weighted by molar-refractivity contribution is 0.481. The molecule has 4 nitrogen and oxygen atoms in total. The molecular weight excluding hydrogens is 396 g/mol. The smallest absolute Gasteiger partial charge is 0.189 e. The van der Waals surface area contributed by atoms with Crippen molar-refractivity contribution in [3.8, 4) is 0 Å². The van der Waals surface area contributed by atoms with Crippen LogP contribution < -0.4 is 4.90 Å². The van der Waals surface area contributed by atoms with E-state index in [0.717, 1.165) is 29.5 Å². The zero-order chi connectivity index (χ0) is 20.0. The van der Waals surface area contributed by atoms with Gasteiger partial charge in [-0.1, -0.05) is 25.1 Å². The predicted molar refractivity (Wildman–Crippen MR) is 126 cm³/mol. The molecule has 5 rings (SSSR count). The Kier molecular flexibility index (Phi) is 5.41. The number of nitrogens with zero attached hydrogens (tertiary/aromatic N) is 4. The number of aryl methyl sites for hydroxylation is 2. The molecule has 0 amide bonds. The van der Waals surface area contributed by atoms with Crippen molar-refractivity contribution >= 4 is 49.3 Å². The first kappa shape index (κ1) is 19.6. The first-order valence-electron chi connectivity index (χ1n) is 11.2. The molecule has 0 unspecified atom stereocenters. The van der Waals surface area contributed by atoms with Crippen LogP contribution in [0.2, 0.25) is 0 Å². The molecule has 0 bridgehead atoms. The van der Waals surface area contributed by atoms with Crippen LogP contribution in [0.15, 0.2) is 5.16 Å². The van der Waals surface area contributed by atoms with Gasteiger partial charge < -0.3 is 4.90 Å². The molecule has 1 fully saturated rings. The maximum absolute atomic E-state index is 5.21. The molecule has 4 heterocycles. The van der Waals surface area contributed by atoms with E-state index in [4.69, 9.17) is 15.0 Å². The summed E-state index contributed by atoms with van der Waals surface area (Å²) in [6.45, 7) is 5.71. The summed E-state index contributed by atoms with van der Waals surface area (Å²) >= 11 is 3.49. The fourth-order valence-corrected chi connectivity index (χ4v) is 6.59. The number of unbranched alkanes of at least 4 members (excludes halogenated alkanes) is 1. The summed E-state index contributed by atoms with van der Waals surface area (Å²) < 4.78 is 1.25. The Morgan fingerprint density at radius 3 is 2.76 bits per heavy atom. The summed E-state index contributed by atoms with van der Waals surface area (Å²) in [6.07, 6.45) is 13.1. The normalized spacial score (nSPS) is 19.4. The van der Waals surface area contributed by atoms with Crippen molar-refractivity contribution in [2.75, 3.05) is 17.7 Å². The van der Waals surface area contributed by atoms with Gasteiger partial charge in [-0.05, 0) is 75.7 Å². The zero-order valence-electron chi connectivity index (χ0n) is 17.8. The van der Waals surface area contributed by atoms with E-state index in [1.807, 2.05) is 11.3 Å². The van der Waals surface area contributed by atoms with Gasteiger partial charge in [0.05, 0.1) is 10.2 Å². The van der Waals surface area contributed by atoms with Crippen molar-refractivity contribution in [2.45, 2.75) is 82.8 Å². The fraction of sp³-hybridized carbons (Fsp3) is 0.609. The minimum absolute atomic E-state index is 0.542. The molecule has 0 saturated carbocycles. The molecule has 3 aromatic rings. The molecule has 0 spiro atoms. The van der Waals surface area contributed by atoms with Gasteiger partial charge in [0, 0.05) is 23.7 Å². The Labute approximate surface area is 181 Å². The van der Waals surface area contributed by atoms with Crippen molar-refractivity contribution in [3.05, 3.63) is 16.8 Å². The number of hydrogen-bond acceptors (Lipinski definition) is 6. The second-order valence-electron chi connectivity index (χ2n) is 8.50. The highest BCUT2D eigenvalue weighted by Crippen LogP contribution is 2.43. The van der Waals surface area contributed by atoms with E-state index in [-0.39, 0.29) is 0 Å². The first-order valence-corrected chi connectivity index (χ1v) is 13.2. The van der Waals surface area contributed by atoms with Gasteiger partial charge in [-0.2, -0.15) is 0 Å². The van der Waals surface area contributed by atoms with Gasteiger partial charge >= 0.3 is 0 Å². The minimum Gasteiger partial charge on any atom is -0.353 e. The Morgan fingerprint density at radius 2 is 1.97 bits per heavy atom. The van der Waals surface area contributed by atoms with Crippen LogP contribution >= 0.6 is 23.1 Å². The van der Waals surface area contributed by atoms with Gasteiger partial charge in [0.25, 0.3) is 0 Å². The lowest BCUT2D eigenvalue weighted by Crippen LogP contribution is -2.38. The van der Waals surface area contributed by atoms with Crippen LogP contribution in [-0.2, 0) is 19.3 Å². The SMILES string of the molecule is CCCCc1nc2sc3c(N4CCCC[C@H]4C)nc(SC)nc3c2c2c1CCC2. The Morgan fingerprint density at radius 1 is 1.10 bits per heavy atom. The summed E-state index contributed by atoms with van der Waals surface area (Å²) in [5.74, 6) is 1.15. The third-order valence-corrected chi connectivity index (χ3v) is 8.22. The lowest BCUT2D eigenvalue weighted by atomic mass is 10.0. The maximum Gasteiger partial charge on any atom is 0.189 e. The number of rotatable bonds is 5. The molecule has 0 radical (unpaired) electrons. The molecule has 1 aliphatic carbocycles. The molecule has 0 N–H and O–H groups in total. The fourth-order valence-electron chi connectivity index (χ4n) is 5.06. The van der Waals surface area contributed by atoms with Gasteiger partial charge in [0.2, 0.25) is 0 Å². The summed E-state index contributed by atoms with van der Waals surface area (Å²) in [5.41, 5.74) is 5.58. The molecular formula is C23H30N4S2. The van der Waals surface area contributed by atoms with E-state index < -0.39 is 0 Å². The molecule has 1 atom stereocenters. The number of hydrogen-bond donors (Lipinski definition) is 0. The molecule has 6 heteroatoms. The first-order chi connectivity index (χ1) is 14.2. The lowest BCUT2D eigenvalue weighted by Gasteiger charge is -2.34. The van der Waals surface area contributed by atoms with Gasteiger partial charge in [0.15, 0.2) is 11.0 Å². The topological polar surface area (TPSA) is 41.9 Å². The number of thioether (sulfide) groups is 1. The molecule has 3 aromatic heterocycles. The molecule has 0 aromatic carbocycles. The standard InChI is InChI=1S/C23H30N4S2/c1-4-5-12-17-15-10-8-11-16(15)18-19-20(29-22(18)24-17)21(26-23(25-19)28-3)27-13-7-6-9-14(27)2/h14H,4-13H2,1-3H3/t14-/m1/s1. The van der Waals surface area contributed by atoms with Crippen LogP contribution in [0.25, 0.3) is 20.4 Å². The maximum atomic E-state index is 5.21. The molecule has 1 aliphatic heterocycles. The zero-order valence-corrected chi connectivity index (χ0v) is 19.4. The summed E-state index contributed by atoms with van der Waals surface area (Å²) in [6, 6.07) is 0.542. The van der Waals surface area contributed by atoms with E-state index in [1.54, 1.807) is 11.8 Å². The van der Waals surface area contributed by atoms with Gasteiger partial charge in [-0.15, -0.1) is 11.3 Å². The van der Waals surface area contributed by atoms with Crippen LogP contribution in [0, 0.1) is 0 Å². The Balaban J connectivity index is 1.76. The number of anilines is 1. The van der Waals surface area contributed by atoms with Crippen molar-refractivity contribution in [1.29, 1.82) is 0 Å². The van der Waals surface area contributed by atoms with Crippen LogP contribution in [0.5, 0.6) is 0 Å². The summed E-state index contributed by atoms with van der Waals surface area (Å²) in [5, 5.41) is 2.23. The third kappa shape index (κ3) is 3.32. The van der Waals surface area contributed by atoms with Gasteiger partial charge in [-0.3, -0.25) is 0 Å². The van der Waals surface area contributed by atoms with Crippen LogP contribution in [0.4, 0.5) is 5.82 Å². The van der Waals surface area contributed by atoms with Crippen molar-refractivity contribution < 1.29 is 0 Å². The highest BCUT2D eigenvalue weighted by molar-refractivity contribution is 7.98. The highest BCUT2D eigenvalue weighted by atomic mass is 32.2. The van der Waals surface area contributed by atoms with Gasteiger partial charge in [0.1, 0.15) is 4.83 Å². The van der Waals surface area contributed by atoms with Crippen molar-refractivity contribution in [3.63, 3.8) is 0 Å². The van der Waals surface area contributed by atoms with Crippen LogP contribution in [0.1, 0.15) is 69.2 Å². The average Bonchev–Trinajstić information content (AvgIpc) is 3.36. The Bertz CT molecular complexity index is 1060. The van der Waals surface area contributed by atoms with Gasteiger partial charge in [-0.25, -0.2) is 15.0 Å². The molecule has 29 heavy (non-hydrogen) atoms. The summed E-state index contributed by atoms with van der Waals surface area (Å²) in [4.78, 5) is 19.0. The largest absolute Gasteiger partial charge is 0.353 e. The molecule has 1 saturated heterocycles. The molecule has 2 aliphatic rings. The van der Waals surface area contributed by atoms with E-state index in [2.05, 4.69) is 25.0 Å². The van der Waals surface area contributed by atoms with Crippen LogP contribution in [0.3, 0.4) is 0 Å². The van der Waals surface area contributed by atoms with E-state index >= 15 is 0 Å². The number of fused-ring (bicyclic) bond motifs is 5.